The minimum Gasteiger partial charge on any atom is -0.335 e. The molecule has 2 N–H and O–H groups in total. The van der Waals surface area contributed by atoms with E-state index < -0.39 is 0 Å². The van der Waals surface area contributed by atoms with E-state index in [2.05, 4.69) is 43.2 Å². The Morgan fingerprint density at radius 3 is 2.81 bits per heavy atom. The molecule has 2 aromatic heterocycles. The second kappa shape index (κ2) is 6.28. The van der Waals surface area contributed by atoms with Crippen LogP contribution in [0.1, 0.15) is 5.56 Å². The Balaban J connectivity index is 1.77. The van der Waals surface area contributed by atoms with Crippen LogP contribution in [0.3, 0.4) is 0 Å². The van der Waals surface area contributed by atoms with E-state index in [-0.39, 0.29) is 0 Å². The highest BCUT2D eigenvalue weighted by molar-refractivity contribution is 9.10. The number of nitrogens with zero attached hydrogens (tertiary/aromatic N) is 4. The Hall–Kier alpha value is -1.86. The first-order valence-corrected chi connectivity index (χ1v) is 8.01. The van der Waals surface area contributed by atoms with Gasteiger partial charge in [0, 0.05) is 16.4 Å². The number of halogens is 1. The maximum atomic E-state index is 6.05. The zero-order valence-corrected chi connectivity index (χ0v) is 13.4. The van der Waals surface area contributed by atoms with E-state index in [1.807, 2.05) is 30.3 Å². The number of pyridine rings is 1. The molecule has 0 amide bonds. The zero-order chi connectivity index (χ0) is 14.7. The highest BCUT2D eigenvalue weighted by atomic mass is 79.9. The maximum absolute atomic E-state index is 6.05. The molecule has 0 spiro atoms. The highest BCUT2D eigenvalue weighted by Crippen LogP contribution is 2.24. The molecule has 106 valence electrons. The zero-order valence-electron chi connectivity index (χ0n) is 11.0. The van der Waals surface area contributed by atoms with Gasteiger partial charge in [0.15, 0.2) is 0 Å². The fourth-order valence-corrected chi connectivity index (χ4v) is 3.07. The second-order valence-electron chi connectivity index (χ2n) is 4.31. The molecule has 1 aromatic carbocycles. The number of rotatable bonds is 4. The van der Waals surface area contributed by atoms with Crippen LogP contribution in [0.25, 0.3) is 11.5 Å². The molecule has 5 nitrogen and oxygen atoms in total. The Morgan fingerprint density at radius 1 is 1.14 bits per heavy atom. The van der Waals surface area contributed by atoms with Gasteiger partial charge in [-0.05, 0) is 29.8 Å². The van der Waals surface area contributed by atoms with Gasteiger partial charge < -0.3 is 5.84 Å². The summed E-state index contributed by atoms with van der Waals surface area (Å²) in [5.41, 5.74) is 1.90. The first-order chi connectivity index (χ1) is 10.2. The van der Waals surface area contributed by atoms with Crippen molar-refractivity contribution in [1.29, 1.82) is 0 Å². The summed E-state index contributed by atoms with van der Waals surface area (Å²) in [7, 11) is 0. The van der Waals surface area contributed by atoms with Crippen molar-refractivity contribution in [2.45, 2.75) is 10.9 Å². The third-order valence-electron chi connectivity index (χ3n) is 2.82. The van der Waals surface area contributed by atoms with Gasteiger partial charge in [-0.15, -0.1) is 10.2 Å². The fourth-order valence-electron chi connectivity index (χ4n) is 1.82. The third-order valence-corrected chi connectivity index (χ3v) is 4.32. The molecule has 0 atom stereocenters. The largest absolute Gasteiger partial charge is 0.335 e. The average Bonchev–Trinajstić information content (AvgIpc) is 2.87. The van der Waals surface area contributed by atoms with Crippen LogP contribution in [0.2, 0.25) is 0 Å². The van der Waals surface area contributed by atoms with Crippen LogP contribution in [0, 0.1) is 0 Å². The molecule has 0 aliphatic carbocycles. The van der Waals surface area contributed by atoms with Crippen LogP contribution in [-0.4, -0.2) is 19.9 Å². The number of aromatic nitrogens is 4. The lowest BCUT2D eigenvalue weighted by Crippen LogP contribution is -2.12. The lowest BCUT2D eigenvalue weighted by molar-refractivity contribution is 0.848. The molecule has 3 rings (SSSR count). The molecular formula is C14H12BrN5S. The molecule has 0 aliphatic heterocycles. The predicted octanol–water partition coefficient (Wildman–Crippen LogP) is 3.11. The first kappa shape index (κ1) is 14.1. The summed E-state index contributed by atoms with van der Waals surface area (Å²) in [4.78, 5) is 4.23. The van der Waals surface area contributed by atoms with Crippen molar-refractivity contribution in [3.63, 3.8) is 0 Å². The normalized spacial score (nSPS) is 10.7. The number of nitrogen functional groups attached to an aromatic ring is 1. The number of benzene rings is 1. The summed E-state index contributed by atoms with van der Waals surface area (Å²) in [5.74, 6) is 7.39. The first-order valence-electron chi connectivity index (χ1n) is 6.23. The van der Waals surface area contributed by atoms with Crippen LogP contribution >= 0.6 is 27.7 Å². The summed E-state index contributed by atoms with van der Waals surface area (Å²) < 4.78 is 2.54. The van der Waals surface area contributed by atoms with E-state index in [9.17, 15) is 0 Å². The maximum Gasteiger partial charge on any atom is 0.210 e. The summed E-state index contributed by atoms with van der Waals surface area (Å²) in [6.07, 6.45) is 1.71. The van der Waals surface area contributed by atoms with Crippen molar-refractivity contribution in [2.75, 3.05) is 5.84 Å². The SMILES string of the molecule is Nn1c(SCc2cccc(Br)c2)nnc1-c1ccccn1. The summed E-state index contributed by atoms with van der Waals surface area (Å²) >= 11 is 5.00. The third kappa shape index (κ3) is 3.25. The molecule has 0 bridgehead atoms. The molecule has 0 saturated carbocycles. The van der Waals surface area contributed by atoms with Gasteiger partial charge in [0.2, 0.25) is 11.0 Å². The van der Waals surface area contributed by atoms with E-state index in [1.165, 1.54) is 10.2 Å². The smallest absolute Gasteiger partial charge is 0.210 e. The molecule has 0 fully saturated rings. The minimum atomic E-state index is 0.562. The monoisotopic (exact) mass is 361 g/mol. The highest BCUT2D eigenvalue weighted by Gasteiger charge is 2.12. The molecule has 0 unspecified atom stereocenters. The summed E-state index contributed by atoms with van der Waals surface area (Å²) in [5, 5.41) is 8.90. The number of hydrogen-bond donors (Lipinski definition) is 1. The van der Waals surface area contributed by atoms with E-state index >= 15 is 0 Å². The molecular weight excluding hydrogens is 350 g/mol. The predicted molar refractivity (Wildman–Crippen MR) is 87.1 cm³/mol. The molecule has 0 saturated heterocycles. The Bertz CT molecular complexity index is 744. The van der Waals surface area contributed by atoms with Crippen LogP contribution in [-0.2, 0) is 5.75 Å². The van der Waals surface area contributed by atoms with Crippen molar-refractivity contribution >= 4 is 27.7 Å². The molecule has 0 aliphatic rings. The Kier molecular flexibility index (Phi) is 4.21. The molecule has 0 radical (unpaired) electrons. The van der Waals surface area contributed by atoms with Crippen molar-refractivity contribution in [3.05, 3.63) is 58.7 Å². The van der Waals surface area contributed by atoms with Gasteiger partial charge in [-0.25, -0.2) is 4.68 Å². The van der Waals surface area contributed by atoms with Crippen LogP contribution in [0.15, 0.2) is 58.3 Å². The number of thioether (sulfide) groups is 1. The average molecular weight is 362 g/mol. The van der Waals surface area contributed by atoms with E-state index in [1.54, 1.807) is 18.0 Å². The van der Waals surface area contributed by atoms with Crippen molar-refractivity contribution in [2.24, 2.45) is 0 Å². The van der Waals surface area contributed by atoms with Gasteiger partial charge >= 0.3 is 0 Å². The molecule has 2 heterocycles. The quantitative estimate of drug-likeness (QED) is 0.571. The van der Waals surface area contributed by atoms with E-state index in [0.717, 1.165) is 10.2 Å². The lowest BCUT2D eigenvalue weighted by atomic mass is 10.2. The van der Waals surface area contributed by atoms with Gasteiger partial charge in [-0.1, -0.05) is 45.9 Å². The Morgan fingerprint density at radius 2 is 2.05 bits per heavy atom. The number of hydrogen-bond acceptors (Lipinski definition) is 5. The summed E-state index contributed by atoms with van der Waals surface area (Å²) in [6, 6.07) is 13.7. The molecule has 3 aromatic rings. The molecule has 7 heteroatoms. The topological polar surface area (TPSA) is 69.6 Å². The van der Waals surface area contributed by atoms with Crippen molar-refractivity contribution in [1.82, 2.24) is 19.9 Å². The summed E-state index contributed by atoms with van der Waals surface area (Å²) in [6.45, 7) is 0. The van der Waals surface area contributed by atoms with Gasteiger partial charge in [0.1, 0.15) is 5.69 Å². The second-order valence-corrected chi connectivity index (χ2v) is 6.17. The fraction of sp³-hybridized carbons (Fsp3) is 0.0714. The standard InChI is InChI=1S/C14H12BrN5S/c15-11-5-3-4-10(8-11)9-21-14-19-18-13(20(14)16)12-6-1-2-7-17-12/h1-8H,9,16H2. The van der Waals surface area contributed by atoms with Crippen molar-refractivity contribution < 1.29 is 0 Å². The lowest BCUT2D eigenvalue weighted by Gasteiger charge is -2.03. The van der Waals surface area contributed by atoms with Crippen molar-refractivity contribution in [3.8, 4) is 11.5 Å². The van der Waals surface area contributed by atoms with Crippen LogP contribution < -0.4 is 5.84 Å². The van der Waals surface area contributed by atoms with E-state index in [4.69, 9.17) is 5.84 Å². The van der Waals surface area contributed by atoms with Crippen LogP contribution in [0.4, 0.5) is 0 Å². The van der Waals surface area contributed by atoms with Gasteiger partial charge in [-0.2, -0.15) is 0 Å². The molecule has 21 heavy (non-hydrogen) atoms. The minimum absolute atomic E-state index is 0.562. The van der Waals surface area contributed by atoms with E-state index in [0.29, 0.717) is 16.7 Å². The Labute approximate surface area is 134 Å². The van der Waals surface area contributed by atoms with Gasteiger partial charge in [-0.3, -0.25) is 4.98 Å². The van der Waals surface area contributed by atoms with Gasteiger partial charge in [0.05, 0.1) is 0 Å². The van der Waals surface area contributed by atoms with Gasteiger partial charge in [0.25, 0.3) is 0 Å². The number of nitrogens with two attached hydrogens (primary N) is 1. The van der Waals surface area contributed by atoms with Crippen LogP contribution in [0.5, 0.6) is 0 Å².